The molecule has 1 aliphatic heterocycles. The Balaban J connectivity index is 1.67. The maximum atomic E-state index is 9.21. The molecule has 162 valence electrons. The minimum atomic E-state index is 0.217. The van der Waals surface area contributed by atoms with E-state index in [0.29, 0.717) is 34.1 Å². The average molecular weight is 459 g/mol. The van der Waals surface area contributed by atoms with Gasteiger partial charge in [0, 0.05) is 55.9 Å². The fourth-order valence-corrected chi connectivity index (χ4v) is 4.45. The summed E-state index contributed by atoms with van der Waals surface area (Å²) in [7, 11) is 3.42. The van der Waals surface area contributed by atoms with Gasteiger partial charge in [-0.05, 0) is 6.07 Å². The lowest BCUT2D eigenvalue weighted by atomic mass is 10.0. The molecule has 0 aliphatic carbocycles. The first-order valence-corrected chi connectivity index (χ1v) is 10.8. The summed E-state index contributed by atoms with van der Waals surface area (Å²) in [5.74, 6) is 0.814. The first-order chi connectivity index (χ1) is 15.0. The molecule has 0 saturated carbocycles. The second-order valence-corrected chi connectivity index (χ2v) is 8.29. The molecule has 0 bridgehead atoms. The van der Waals surface area contributed by atoms with Gasteiger partial charge in [-0.2, -0.15) is 0 Å². The Bertz CT molecular complexity index is 1090. The molecule has 8 heteroatoms. The maximum Gasteiger partial charge on any atom is 0.237 e. The van der Waals surface area contributed by atoms with E-state index in [2.05, 4.69) is 20.2 Å². The normalized spacial score (nSPS) is 14.4. The van der Waals surface area contributed by atoms with E-state index in [1.165, 1.54) is 0 Å². The summed E-state index contributed by atoms with van der Waals surface area (Å²) >= 11 is 13.4. The Hall–Kier alpha value is -2.38. The van der Waals surface area contributed by atoms with Gasteiger partial charge in [-0.1, -0.05) is 53.5 Å². The van der Waals surface area contributed by atoms with Crippen molar-refractivity contribution >= 4 is 28.9 Å². The summed E-state index contributed by atoms with van der Waals surface area (Å²) in [5.41, 5.74) is 4.65. The van der Waals surface area contributed by atoms with E-state index in [9.17, 15) is 5.11 Å². The van der Waals surface area contributed by atoms with Crippen molar-refractivity contribution in [3.05, 3.63) is 58.3 Å². The van der Waals surface area contributed by atoms with Gasteiger partial charge in [0.1, 0.15) is 5.69 Å². The highest BCUT2D eigenvalue weighted by molar-refractivity contribution is 6.39. The number of aliphatic hydroxyl groups is 1. The summed E-state index contributed by atoms with van der Waals surface area (Å²) < 4.78 is 5.51. The number of aromatic nitrogens is 2. The Kier molecular flexibility index (Phi) is 6.62. The minimum Gasteiger partial charge on any atom is -0.480 e. The Morgan fingerprint density at radius 2 is 1.77 bits per heavy atom. The van der Waals surface area contributed by atoms with Crippen molar-refractivity contribution in [2.45, 2.75) is 6.54 Å². The second kappa shape index (κ2) is 9.40. The number of aliphatic hydroxyl groups excluding tert-OH is 1. The van der Waals surface area contributed by atoms with Crippen LogP contribution < -0.4 is 10.1 Å². The lowest BCUT2D eigenvalue weighted by molar-refractivity contribution is 0.0462. The third-order valence-corrected chi connectivity index (χ3v) is 6.32. The van der Waals surface area contributed by atoms with Crippen molar-refractivity contribution in [3.8, 4) is 28.3 Å². The number of methoxy groups -OCH3 is 1. The zero-order chi connectivity index (χ0) is 22.0. The fourth-order valence-electron chi connectivity index (χ4n) is 3.80. The van der Waals surface area contributed by atoms with Gasteiger partial charge in [0.2, 0.25) is 5.88 Å². The predicted octanol–water partition coefficient (Wildman–Crippen LogP) is 4.59. The predicted molar refractivity (Wildman–Crippen MR) is 125 cm³/mol. The number of ether oxygens (including phenoxy) is 1. The topological polar surface area (TPSA) is 70.5 Å². The quantitative estimate of drug-likeness (QED) is 0.539. The molecule has 2 N–H and O–H groups in total. The van der Waals surface area contributed by atoms with Crippen LogP contribution >= 0.6 is 23.2 Å². The zero-order valence-corrected chi connectivity index (χ0v) is 18.9. The number of anilines is 1. The SMILES string of the molecule is CNc1cccc(-c2cccc(-c3cnc(CN4CC(CO)C4)c(OC)n3)c2Cl)c1Cl. The number of benzene rings is 2. The van der Waals surface area contributed by atoms with Crippen LogP contribution in [-0.4, -0.2) is 53.8 Å². The van der Waals surface area contributed by atoms with Crippen molar-refractivity contribution in [3.63, 3.8) is 0 Å². The van der Waals surface area contributed by atoms with Crippen LogP contribution in [0.2, 0.25) is 10.0 Å². The molecular formula is C23H24Cl2N4O2. The van der Waals surface area contributed by atoms with Gasteiger partial charge in [0.25, 0.3) is 0 Å². The Morgan fingerprint density at radius 1 is 1.10 bits per heavy atom. The van der Waals surface area contributed by atoms with E-state index in [1.807, 2.05) is 43.4 Å². The molecule has 0 atom stereocenters. The summed E-state index contributed by atoms with van der Waals surface area (Å²) in [6.07, 6.45) is 1.72. The summed E-state index contributed by atoms with van der Waals surface area (Å²) in [5, 5.41) is 13.5. The summed E-state index contributed by atoms with van der Waals surface area (Å²) in [6, 6.07) is 11.6. The largest absolute Gasteiger partial charge is 0.480 e. The number of nitrogens with zero attached hydrogens (tertiary/aromatic N) is 3. The lowest BCUT2D eigenvalue weighted by Crippen LogP contribution is -2.47. The first kappa shape index (κ1) is 21.8. The van der Waals surface area contributed by atoms with Crippen molar-refractivity contribution in [1.29, 1.82) is 0 Å². The first-order valence-electron chi connectivity index (χ1n) is 10.0. The van der Waals surface area contributed by atoms with E-state index in [-0.39, 0.29) is 6.61 Å². The fraction of sp³-hybridized carbons (Fsp3) is 0.304. The van der Waals surface area contributed by atoms with Crippen molar-refractivity contribution in [1.82, 2.24) is 14.9 Å². The number of nitrogens with one attached hydrogen (secondary N) is 1. The van der Waals surface area contributed by atoms with Crippen LogP contribution in [0.4, 0.5) is 5.69 Å². The standard InChI is InChI=1S/C23H24Cl2N4O2/c1-26-18-8-4-6-16(22(18)25)15-5-3-7-17(21(15)24)19-9-27-20(23(28-19)31-2)12-29-10-14(11-29)13-30/h3-9,14,26,30H,10-13H2,1-2H3. The van der Waals surface area contributed by atoms with Crippen LogP contribution in [0.15, 0.2) is 42.6 Å². The lowest BCUT2D eigenvalue weighted by Gasteiger charge is -2.37. The molecule has 0 radical (unpaired) electrons. The molecule has 3 aromatic rings. The second-order valence-electron chi connectivity index (χ2n) is 7.54. The van der Waals surface area contributed by atoms with Gasteiger partial charge in [-0.15, -0.1) is 0 Å². The number of halogens is 2. The molecule has 2 heterocycles. The van der Waals surface area contributed by atoms with Crippen molar-refractivity contribution in [2.75, 3.05) is 39.2 Å². The number of likely N-dealkylation sites (tertiary alicyclic amines) is 1. The van der Waals surface area contributed by atoms with Gasteiger partial charge in [-0.25, -0.2) is 4.98 Å². The molecule has 0 spiro atoms. The molecule has 0 unspecified atom stereocenters. The Morgan fingerprint density at radius 3 is 2.45 bits per heavy atom. The van der Waals surface area contributed by atoms with E-state index in [0.717, 1.165) is 41.2 Å². The molecule has 1 saturated heterocycles. The third-order valence-electron chi connectivity index (χ3n) is 5.50. The average Bonchev–Trinajstić information content (AvgIpc) is 2.76. The van der Waals surface area contributed by atoms with Gasteiger partial charge in [-0.3, -0.25) is 9.88 Å². The van der Waals surface area contributed by atoms with Crippen LogP contribution in [0.25, 0.3) is 22.4 Å². The Labute approximate surface area is 191 Å². The molecule has 2 aromatic carbocycles. The molecule has 31 heavy (non-hydrogen) atoms. The van der Waals surface area contributed by atoms with Gasteiger partial charge in [0.05, 0.1) is 34.7 Å². The summed E-state index contributed by atoms with van der Waals surface area (Å²) in [4.78, 5) is 11.5. The van der Waals surface area contributed by atoms with Crippen LogP contribution in [0, 0.1) is 5.92 Å². The molecule has 4 rings (SSSR count). The van der Waals surface area contributed by atoms with E-state index >= 15 is 0 Å². The molecule has 0 amide bonds. The zero-order valence-electron chi connectivity index (χ0n) is 17.4. The van der Waals surface area contributed by atoms with Crippen LogP contribution in [0.1, 0.15) is 5.69 Å². The van der Waals surface area contributed by atoms with Crippen molar-refractivity contribution in [2.24, 2.45) is 5.92 Å². The van der Waals surface area contributed by atoms with Crippen LogP contribution in [0.3, 0.4) is 0 Å². The molecular weight excluding hydrogens is 435 g/mol. The molecule has 1 aromatic heterocycles. The number of hydrogen-bond acceptors (Lipinski definition) is 6. The van der Waals surface area contributed by atoms with Gasteiger partial charge in [0.15, 0.2) is 0 Å². The summed E-state index contributed by atoms with van der Waals surface area (Å²) in [6.45, 7) is 2.55. The minimum absolute atomic E-state index is 0.217. The molecule has 6 nitrogen and oxygen atoms in total. The third kappa shape index (κ3) is 4.34. The highest BCUT2D eigenvalue weighted by Gasteiger charge is 2.27. The molecule has 1 aliphatic rings. The smallest absolute Gasteiger partial charge is 0.237 e. The van der Waals surface area contributed by atoms with Crippen molar-refractivity contribution < 1.29 is 9.84 Å². The molecule has 1 fully saturated rings. The maximum absolute atomic E-state index is 9.21. The van der Waals surface area contributed by atoms with E-state index < -0.39 is 0 Å². The van der Waals surface area contributed by atoms with E-state index in [1.54, 1.807) is 13.3 Å². The number of rotatable bonds is 7. The van der Waals surface area contributed by atoms with E-state index in [4.69, 9.17) is 27.9 Å². The highest BCUT2D eigenvalue weighted by atomic mass is 35.5. The van der Waals surface area contributed by atoms with Gasteiger partial charge >= 0.3 is 0 Å². The number of hydrogen-bond donors (Lipinski definition) is 2. The van der Waals surface area contributed by atoms with Crippen LogP contribution in [-0.2, 0) is 6.54 Å². The van der Waals surface area contributed by atoms with Gasteiger partial charge < -0.3 is 15.2 Å². The monoisotopic (exact) mass is 458 g/mol. The highest BCUT2D eigenvalue weighted by Crippen LogP contribution is 2.41. The van der Waals surface area contributed by atoms with Crippen LogP contribution in [0.5, 0.6) is 5.88 Å².